The highest BCUT2D eigenvalue weighted by Gasteiger charge is 2.38. The molecule has 0 saturated heterocycles. The quantitative estimate of drug-likeness (QED) is 0.00961. The van der Waals surface area contributed by atoms with Crippen LogP contribution in [0.1, 0.15) is 96.6 Å². The zero-order valence-corrected chi connectivity index (χ0v) is 66.1. The normalized spacial score (nSPS) is 14.5. The van der Waals surface area contributed by atoms with Crippen LogP contribution in [0.15, 0.2) is 60.7 Å². The molecule has 0 aromatic heterocycles. The number of amides is 14. The van der Waals surface area contributed by atoms with E-state index in [-0.39, 0.29) is 94.9 Å². The van der Waals surface area contributed by atoms with E-state index in [1.165, 1.54) is 6.92 Å². The number of aldehydes is 1. The number of nitrogens with two attached hydrogens (primary N) is 4. The van der Waals surface area contributed by atoms with Gasteiger partial charge in [-0.15, -0.1) is 0 Å². The van der Waals surface area contributed by atoms with Gasteiger partial charge in [0.15, 0.2) is 17.9 Å². The molecule has 2 aromatic rings. The number of carbonyl (C=O) groups is 16. The van der Waals surface area contributed by atoms with E-state index < -0.39 is 224 Å². The Kier molecular flexibility index (Phi) is 47.0. The molecule has 0 radical (unpaired) electrons. The van der Waals surface area contributed by atoms with Crippen molar-refractivity contribution in [3.8, 4) is 0 Å². The lowest BCUT2D eigenvalue weighted by Gasteiger charge is -2.30. The summed E-state index contributed by atoms with van der Waals surface area (Å²) in [6.45, 7) is 2.57. The van der Waals surface area contributed by atoms with E-state index >= 15 is 0 Å². The number of hydrogen-bond acceptors (Lipinski definition) is 24. The fourth-order valence-corrected chi connectivity index (χ4v) is 11.1. The van der Waals surface area contributed by atoms with Crippen LogP contribution in [0.5, 0.6) is 0 Å². The number of thiol groups is 2. The van der Waals surface area contributed by atoms with E-state index in [1.54, 1.807) is 81.4 Å². The minimum atomic E-state index is -1.98. The van der Waals surface area contributed by atoms with Crippen molar-refractivity contribution in [2.75, 3.05) is 64.0 Å². The third-order valence-corrected chi connectivity index (χ3v) is 18.2. The Labute approximate surface area is 675 Å². The first-order valence-corrected chi connectivity index (χ1v) is 38.1. The van der Waals surface area contributed by atoms with Crippen LogP contribution in [-0.4, -0.2) is 265 Å². The average molecular weight is 1660 g/mol. The molecule has 0 aliphatic heterocycles. The van der Waals surface area contributed by atoms with Crippen LogP contribution in [0, 0.1) is 28.1 Å². The lowest BCUT2D eigenvalue weighted by Crippen LogP contribution is -2.62. The molecule has 14 atom stereocenters. The molecule has 0 unspecified atom stereocenters. The summed E-state index contributed by atoms with van der Waals surface area (Å²) in [4.78, 5) is 216. The maximum absolute atomic E-state index is 14.5. The van der Waals surface area contributed by atoms with Crippen molar-refractivity contribution in [1.82, 2.24) is 90.4 Å². The molecule has 2 rings (SSSR count). The number of carboxylic acid groups (broad SMARTS) is 1. The molecular weight excluding hydrogens is 1550 g/mol. The first kappa shape index (κ1) is 99.6. The molecule has 31 N–H and O–H groups in total. The molecule has 14 amide bonds. The summed E-state index contributed by atoms with van der Waals surface area (Å²) in [5, 5.41) is 93.2. The summed E-state index contributed by atoms with van der Waals surface area (Å²) in [5.41, 5.74) is 22.9. The number of aliphatic hydroxyl groups is 2. The number of rotatable bonds is 55. The molecule has 0 bridgehead atoms. The first-order valence-electron chi connectivity index (χ1n) is 36.9. The molecule has 0 saturated carbocycles. The lowest BCUT2D eigenvalue weighted by molar-refractivity contribution is -0.142. The predicted octanol–water partition coefficient (Wildman–Crippen LogP) is -9.12. The highest BCUT2D eigenvalue weighted by atomic mass is 32.1. The van der Waals surface area contributed by atoms with E-state index in [0.717, 1.165) is 0 Å². The van der Waals surface area contributed by atoms with Gasteiger partial charge in [-0.3, -0.25) is 88.1 Å². The largest absolute Gasteiger partial charge is 0.481 e. The van der Waals surface area contributed by atoms with Crippen molar-refractivity contribution in [3.05, 3.63) is 71.8 Å². The van der Waals surface area contributed by atoms with E-state index in [0.29, 0.717) is 23.8 Å². The second kappa shape index (κ2) is 54.3. The molecule has 0 heterocycles. The van der Waals surface area contributed by atoms with Gasteiger partial charge in [-0.1, -0.05) is 101 Å². The zero-order chi connectivity index (χ0) is 86.3. The Morgan fingerprint density at radius 3 is 1.19 bits per heavy atom. The monoisotopic (exact) mass is 1660 g/mol. The summed E-state index contributed by atoms with van der Waals surface area (Å²) in [6, 6.07) is -0.942. The summed E-state index contributed by atoms with van der Waals surface area (Å²) in [7, 11) is 0. The Balaban J connectivity index is 2.36. The standard InChI is InChI=1S/C70H112N24O19S2/c1-5-37(3)55(93-60(106)43(21-14-24-79-69(74)75)85-52(99)30-81-51(98)29-82-58(104)45(26-39-16-9-7-10-17-39)86-53(100)31-83-59(105)49(35-114)91-64(110)48(34-97)90-57(103)42(71)33-96)66(112)89-47(28-54(101)102)63(109)87-44(22-15-25-80-70(76)77)61(107)94-56(38(4)6-2)67(113)92-50(36-115)65(111)88-46(27-40-18-11-8-12-19-40)62(108)84-41(32-95)20-13-23-78-68(72)73/h7-12,16-19,32,37-38,41-50,55-56,96-97,114-115H,5-6,13-15,20-31,33-36,71H2,1-4H3,(H,81,98)(H,82,104)(H,83,105)(H,84,108)(H,85,99)(H,86,100)(H,87,109)(H,88,111)(H,89,112)(H,90,103)(H,91,110)(H,92,113)(H,93,106)(H,94,107)(H,101,102)(H4,72,73,78)(H4,74,75,79)(H4,76,77,80)/t37-,38-,41+,42-,43-,44-,45-,46-,47-,48-,49-,50-,55-,56-/m0/s1. The Bertz CT molecular complexity index is 3620. The van der Waals surface area contributed by atoms with Gasteiger partial charge in [-0.25, -0.2) is 0 Å². The number of hydrogen-bond donors (Lipinski definition) is 29. The third kappa shape index (κ3) is 39.2. The van der Waals surface area contributed by atoms with Crippen LogP contribution >= 0.6 is 25.3 Å². The maximum atomic E-state index is 14.5. The van der Waals surface area contributed by atoms with E-state index in [4.69, 9.17) is 44.3 Å². The summed E-state index contributed by atoms with van der Waals surface area (Å²) >= 11 is 8.37. The highest BCUT2D eigenvalue weighted by molar-refractivity contribution is 7.80. The lowest BCUT2D eigenvalue weighted by atomic mass is 9.96. The van der Waals surface area contributed by atoms with Crippen LogP contribution < -0.4 is 113 Å². The fourth-order valence-electron chi connectivity index (χ4n) is 10.6. The van der Waals surface area contributed by atoms with Gasteiger partial charge in [0, 0.05) is 44.0 Å². The smallest absolute Gasteiger partial charge is 0.305 e. The molecular formula is C70H112N24O19S2. The number of carbonyl (C=O) groups excluding carboxylic acids is 15. The van der Waals surface area contributed by atoms with E-state index in [1.807, 2.05) is 0 Å². The molecule has 0 aliphatic carbocycles. The molecule has 0 fully saturated rings. The van der Waals surface area contributed by atoms with Crippen molar-refractivity contribution in [2.24, 2.45) is 34.8 Å². The van der Waals surface area contributed by atoms with Crippen molar-refractivity contribution < 1.29 is 92.0 Å². The average Bonchev–Trinajstić information content (AvgIpc) is 0.845. The number of aliphatic hydroxyl groups excluding tert-OH is 2. The Hall–Kier alpha value is -11.5. The number of guanidine groups is 3. The Morgan fingerprint density at radius 2 is 0.757 bits per heavy atom. The van der Waals surface area contributed by atoms with Gasteiger partial charge in [0.05, 0.1) is 45.3 Å². The summed E-state index contributed by atoms with van der Waals surface area (Å²) in [5.74, 6) is -18.6. The second-order valence-electron chi connectivity index (χ2n) is 26.6. The fraction of sp³-hybridized carbons (Fsp3) is 0.557. The van der Waals surface area contributed by atoms with E-state index in [9.17, 15) is 86.9 Å². The van der Waals surface area contributed by atoms with Gasteiger partial charge in [0.1, 0.15) is 72.7 Å². The second-order valence-corrected chi connectivity index (χ2v) is 27.3. The van der Waals surface area contributed by atoms with Crippen LogP contribution in [0.3, 0.4) is 0 Å². The number of benzene rings is 2. The molecule has 115 heavy (non-hydrogen) atoms. The number of nitrogens with one attached hydrogen (secondary N) is 20. The maximum Gasteiger partial charge on any atom is 0.305 e. The van der Waals surface area contributed by atoms with Crippen LogP contribution in [-0.2, 0) is 89.6 Å². The van der Waals surface area contributed by atoms with Gasteiger partial charge in [0.25, 0.3) is 0 Å². The predicted molar refractivity (Wildman–Crippen MR) is 425 cm³/mol. The van der Waals surface area contributed by atoms with Gasteiger partial charge < -0.3 is 133 Å². The number of aliphatic carboxylic acids is 1. The van der Waals surface area contributed by atoms with Crippen LogP contribution in [0.25, 0.3) is 0 Å². The molecule has 45 heteroatoms. The van der Waals surface area contributed by atoms with Crippen molar-refractivity contribution in [3.63, 3.8) is 0 Å². The third-order valence-electron chi connectivity index (χ3n) is 17.5. The topological polar surface area (TPSA) is 714 Å². The first-order chi connectivity index (χ1) is 54.5. The minimum Gasteiger partial charge on any atom is -0.481 e. The SMILES string of the molecule is CC[C@H](C)[C@H](NC(=O)[C@H](CCCNC(=N)N)NC(=O)CNC(=O)CNC(=O)[C@H](Cc1ccccc1)NC(=O)CNC(=O)[C@H](CS)NC(=O)[C@H](CO)NC(=O)[C@@H](N)CO)C(=O)N[C@@H](CC(=O)O)C(=O)N[C@@H](CCCNC(=N)N)C(=O)N[C@H](C(=O)N[C@@H](CS)C(=O)N[C@@H](Cc1ccccc1)C(=O)N[C@@H](C=O)CCCNC(=N)N)[C@@H](C)CC. The summed E-state index contributed by atoms with van der Waals surface area (Å²) in [6.07, 6.45) is -0.354. The van der Waals surface area contributed by atoms with Crippen LogP contribution in [0.4, 0.5) is 0 Å². The van der Waals surface area contributed by atoms with Crippen molar-refractivity contribution in [2.45, 2.75) is 171 Å². The number of carboxylic acids is 1. The molecule has 0 spiro atoms. The Morgan fingerprint density at radius 1 is 0.409 bits per heavy atom. The van der Waals surface area contributed by atoms with Gasteiger partial charge in [0.2, 0.25) is 82.7 Å². The molecule has 0 aliphatic rings. The highest BCUT2D eigenvalue weighted by Crippen LogP contribution is 2.15. The van der Waals surface area contributed by atoms with Gasteiger partial charge in [-0.05, 0) is 61.5 Å². The van der Waals surface area contributed by atoms with E-state index in [2.05, 4.69) is 116 Å². The molecule has 2 aromatic carbocycles. The van der Waals surface area contributed by atoms with Crippen LogP contribution in [0.2, 0.25) is 0 Å². The van der Waals surface area contributed by atoms with Gasteiger partial charge in [-0.2, -0.15) is 25.3 Å². The molecule has 638 valence electrons. The van der Waals surface area contributed by atoms with Crippen molar-refractivity contribution >= 4 is 138 Å². The molecule has 43 nitrogen and oxygen atoms in total. The van der Waals surface area contributed by atoms with Gasteiger partial charge >= 0.3 is 5.97 Å². The zero-order valence-electron chi connectivity index (χ0n) is 64.4. The summed E-state index contributed by atoms with van der Waals surface area (Å²) < 4.78 is 0. The minimum absolute atomic E-state index is 0.00166. The van der Waals surface area contributed by atoms with Crippen molar-refractivity contribution in [1.29, 1.82) is 16.2 Å².